The van der Waals surface area contributed by atoms with Gasteiger partial charge >= 0.3 is 0 Å². The number of rotatable bonds is 4. The van der Waals surface area contributed by atoms with Crippen LogP contribution in [-0.2, 0) is 11.2 Å². The molecule has 0 unspecified atom stereocenters. The van der Waals surface area contributed by atoms with E-state index in [0.29, 0.717) is 25.5 Å². The first kappa shape index (κ1) is 14.5. The number of Topliss-reactive ketones (excluding diaryl/α,β-unsaturated/α-hetero) is 1. The van der Waals surface area contributed by atoms with Crippen molar-refractivity contribution in [2.45, 2.75) is 19.3 Å². The molecular formula is C19H17N3O3. The fourth-order valence-electron chi connectivity index (χ4n) is 3.15. The number of carbonyl (C=O) groups excluding carboxylic acids is 1. The van der Waals surface area contributed by atoms with Gasteiger partial charge in [0.1, 0.15) is 19.0 Å². The smallest absolute Gasteiger partial charge is 0.162 e. The van der Waals surface area contributed by atoms with Crippen molar-refractivity contribution >= 4 is 11.4 Å². The fourth-order valence-corrected chi connectivity index (χ4v) is 3.15. The summed E-state index contributed by atoms with van der Waals surface area (Å²) in [6.45, 7) is 1.13. The molecular weight excluding hydrogens is 318 g/mol. The second-order valence-corrected chi connectivity index (χ2v) is 6.48. The van der Waals surface area contributed by atoms with Gasteiger partial charge in [-0.25, -0.2) is 9.50 Å². The van der Waals surface area contributed by atoms with Crippen molar-refractivity contribution < 1.29 is 14.3 Å². The van der Waals surface area contributed by atoms with Crippen molar-refractivity contribution in [1.82, 2.24) is 14.6 Å². The van der Waals surface area contributed by atoms with Gasteiger partial charge in [0.05, 0.1) is 12.1 Å². The zero-order chi connectivity index (χ0) is 16.8. The first-order chi connectivity index (χ1) is 12.3. The Morgan fingerprint density at radius 1 is 1.12 bits per heavy atom. The Morgan fingerprint density at radius 2 is 1.96 bits per heavy atom. The third-order valence-corrected chi connectivity index (χ3v) is 4.61. The molecule has 0 saturated heterocycles. The lowest BCUT2D eigenvalue weighted by Crippen LogP contribution is -2.15. The number of nitrogens with zero attached hydrogens (tertiary/aromatic N) is 3. The van der Waals surface area contributed by atoms with Crippen LogP contribution in [0.4, 0.5) is 0 Å². The third kappa shape index (κ3) is 2.63. The van der Waals surface area contributed by atoms with Crippen molar-refractivity contribution in [2.24, 2.45) is 5.92 Å². The summed E-state index contributed by atoms with van der Waals surface area (Å²) in [5.41, 5.74) is 2.62. The molecule has 3 aromatic rings. The monoisotopic (exact) mass is 335 g/mol. The van der Waals surface area contributed by atoms with Crippen LogP contribution in [0.1, 0.15) is 18.7 Å². The third-order valence-electron chi connectivity index (χ3n) is 4.61. The molecule has 6 nitrogen and oxygen atoms in total. The van der Waals surface area contributed by atoms with E-state index in [1.54, 1.807) is 4.52 Å². The molecule has 0 bridgehead atoms. The number of fused-ring (bicyclic) bond motifs is 2. The average molecular weight is 335 g/mol. The summed E-state index contributed by atoms with van der Waals surface area (Å²) in [6, 6.07) is 11.7. The molecule has 25 heavy (non-hydrogen) atoms. The molecule has 2 aliphatic rings. The summed E-state index contributed by atoms with van der Waals surface area (Å²) in [5, 5.41) is 4.56. The summed E-state index contributed by atoms with van der Waals surface area (Å²) in [7, 11) is 0. The Hall–Kier alpha value is -2.89. The number of carbonyl (C=O) groups is 1. The maximum Gasteiger partial charge on any atom is 0.162 e. The van der Waals surface area contributed by atoms with Crippen molar-refractivity contribution in [1.29, 1.82) is 0 Å². The first-order valence-electron chi connectivity index (χ1n) is 8.55. The molecule has 6 heteroatoms. The maximum atomic E-state index is 12.0. The fraction of sp³-hybridized carbons (Fsp3) is 0.316. The normalized spacial score (nSPS) is 16.2. The zero-order valence-corrected chi connectivity index (χ0v) is 13.6. The van der Waals surface area contributed by atoms with Crippen LogP contribution in [0.25, 0.3) is 16.9 Å². The highest BCUT2D eigenvalue weighted by Crippen LogP contribution is 2.34. The molecule has 0 spiro atoms. The van der Waals surface area contributed by atoms with E-state index in [9.17, 15) is 4.79 Å². The van der Waals surface area contributed by atoms with E-state index in [1.165, 1.54) is 0 Å². The lowest BCUT2D eigenvalue weighted by molar-refractivity contribution is -0.119. The SMILES string of the molecule is O=C(Cc1nc2cccc(-c3ccc4c(c3)OCCO4)n2n1)C1CC1. The molecule has 5 rings (SSSR count). The maximum absolute atomic E-state index is 12.0. The van der Waals surface area contributed by atoms with Gasteiger partial charge in [0.15, 0.2) is 23.0 Å². The second kappa shape index (κ2) is 5.58. The quantitative estimate of drug-likeness (QED) is 0.733. The van der Waals surface area contributed by atoms with E-state index in [0.717, 1.165) is 41.2 Å². The highest BCUT2D eigenvalue weighted by atomic mass is 16.6. The van der Waals surface area contributed by atoms with Crippen LogP contribution < -0.4 is 9.47 Å². The standard InChI is InChI=1S/C19H17N3O3/c23-15(12-4-5-12)11-18-20-19-3-1-2-14(22(19)21-18)13-6-7-16-17(10-13)25-9-8-24-16/h1-3,6-7,10,12H,4-5,8-9,11H2. The molecule has 2 aromatic heterocycles. The van der Waals surface area contributed by atoms with Gasteiger partial charge in [0.25, 0.3) is 0 Å². The number of aromatic nitrogens is 3. The van der Waals surface area contributed by atoms with Gasteiger partial charge in [-0.3, -0.25) is 4.79 Å². The van der Waals surface area contributed by atoms with Gasteiger partial charge in [-0.2, -0.15) is 5.10 Å². The molecule has 1 saturated carbocycles. The molecule has 0 N–H and O–H groups in total. The van der Waals surface area contributed by atoms with Crippen molar-refractivity contribution in [3.63, 3.8) is 0 Å². The van der Waals surface area contributed by atoms with E-state index in [-0.39, 0.29) is 11.7 Å². The molecule has 1 aliphatic heterocycles. The number of benzene rings is 1. The Morgan fingerprint density at radius 3 is 2.80 bits per heavy atom. The van der Waals surface area contributed by atoms with Crippen LogP contribution in [0.15, 0.2) is 36.4 Å². The lowest BCUT2D eigenvalue weighted by atomic mass is 10.1. The van der Waals surface area contributed by atoms with Gasteiger partial charge in [0.2, 0.25) is 0 Å². The molecule has 126 valence electrons. The van der Waals surface area contributed by atoms with Crippen molar-refractivity contribution in [3.05, 3.63) is 42.2 Å². The van der Waals surface area contributed by atoms with Gasteiger partial charge in [-0.1, -0.05) is 6.07 Å². The Labute approximate surface area is 144 Å². The van der Waals surface area contributed by atoms with Gasteiger partial charge in [0, 0.05) is 11.5 Å². The molecule has 0 amide bonds. The minimum atomic E-state index is 0.226. The summed E-state index contributed by atoms with van der Waals surface area (Å²) in [6.07, 6.45) is 2.33. The van der Waals surface area contributed by atoms with Crippen molar-refractivity contribution in [3.8, 4) is 22.8 Å². The summed E-state index contributed by atoms with van der Waals surface area (Å²) < 4.78 is 13.0. The van der Waals surface area contributed by atoms with E-state index in [2.05, 4.69) is 10.1 Å². The van der Waals surface area contributed by atoms with Gasteiger partial charge in [-0.05, 0) is 43.2 Å². The predicted octanol–water partition coefficient (Wildman–Crippen LogP) is 2.69. The van der Waals surface area contributed by atoms with E-state index < -0.39 is 0 Å². The summed E-state index contributed by atoms with van der Waals surface area (Å²) in [5.74, 6) is 2.56. The summed E-state index contributed by atoms with van der Waals surface area (Å²) in [4.78, 5) is 16.6. The Kier molecular flexibility index (Phi) is 3.23. The minimum Gasteiger partial charge on any atom is -0.486 e. The summed E-state index contributed by atoms with van der Waals surface area (Å²) >= 11 is 0. The molecule has 3 heterocycles. The van der Waals surface area contributed by atoms with Crippen LogP contribution in [0, 0.1) is 5.92 Å². The minimum absolute atomic E-state index is 0.226. The molecule has 1 fully saturated rings. The largest absolute Gasteiger partial charge is 0.486 e. The number of hydrogen-bond donors (Lipinski definition) is 0. The van der Waals surface area contributed by atoms with E-state index in [4.69, 9.17) is 9.47 Å². The average Bonchev–Trinajstić information content (AvgIpc) is 3.41. The number of ketones is 1. The topological polar surface area (TPSA) is 65.7 Å². The highest BCUT2D eigenvalue weighted by molar-refractivity contribution is 5.84. The van der Waals surface area contributed by atoms with E-state index in [1.807, 2.05) is 36.4 Å². The highest BCUT2D eigenvalue weighted by Gasteiger charge is 2.30. The van der Waals surface area contributed by atoms with Gasteiger partial charge < -0.3 is 9.47 Å². The second-order valence-electron chi connectivity index (χ2n) is 6.48. The first-order valence-corrected chi connectivity index (χ1v) is 8.55. The lowest BCUT2D eigenvalue weighted by Gasteiger charge is -2.19. The van der Waals surface area contributed by atoms with E-state index >= 15 is 0 Å². The Balaban J connectivity index is 1.54. The van der Waals surface area contributed by atoms with Gasteiger partial charge in [-0.15, -0.1) is 0 Å². The van der Waals surface area contributed by atoms with Crippen LogP contribution in [0.2, 0.25) is 0 Å². The molecule has 1 aliphatic carbocycles. The molecule has 0 atom stereocenters. The number of hydrogen-bond acceptors (Lipinski definition) is 5. The van der Waals surface area contributed by atoms with Crippen LogP contribution >= 0.6 is 0 Å². The number of ether oxygens (including phenoxy) is 2. The number of pyridine rings is 1. The predicted molar refractivity (Wildman–Crippen MR) is 90.8 cm³/mol. The van der Waals surface area contributed by atoms with Crippen LogP contribution in [-0.4, -0.2) is 33.6 Å². The molecule has 0 radical (unpaired) electrons. The molecule has 1 aromatic carbocycles. The van der Waals surface area contributed by atoms with Crippen molar-refractivity contribution in [2.75, 3.05) is 13.2 Å². The van der Waals surface area contributed by atoms with Crippen LogP contribution in [0.5, 0.6) is 11.5 Å². The van der Waals surface area contributed by atoms with Crippen LogP contribution in [0.3, 0.4) is 0 Å². The zero-order valence-electron chi connectivity index (χ0n) is 13.6. The Bertz CT molecular complexity index is 975.